The molecule has 0 fully saturated rings. The second kappa shape index (κ2) is 9.12. The van der Waals surface area contributed by atoms with E-state index in [9.17, 15) is 9.59 Å². The first-order valence-corrected chi connectivity index (χ1v) is 10.7. The summed E-state index contributed by atoms with van der Waals surface area (Å²) < 4.78 is 1.83. The first-order chi connectivity index (χ1) is 14.2. The lowest BCUT2D eigenvalue weighted by Crippen LogP contribution is -2.45. The molecule has 31 heavy (non-hydrogen) atoms. The van der Waals surface area contributed by atoms with Gasteiger partial charge in [-0.05, 0) is 53.2 Å². The molecule has 0 aliphatic heterocycles. The van der Waals surface area contributed by atoms with Crippen LogP contribution >= 0.6 is 0 Å². The number of carbonyl (C=O) groups is 2. The first kappa shape index (κ1) is 24.4. The molecule has 2 aromatic rings. The Labute approximate surface area is 186 Å². The molecule has 0 saturated carbocycles. The van der Waals surface area contributed by atoms with Gasteiger partial charge in [-0.25, -0.2) is 9.48 Å². The van der Waals surface area contributed by atoms with Crippen molar-refractivity contribution in [2.75, 3.05) is 17.2 Å². The highest BCUT2D eigenvalue weighted by atomic mass is 16.2. The van der Waals surface area contributed by atoms with Gasteiger partial charge in [0, 0.05) is 23.2 Å². The van der Waals surface area contributed by atoms with Crippen LogP contribution in [0.5, 0.6) is 0 Å². The molecule has 7 heteroatoms. The van der Waals surface area contributed by atoms with Crippen molar-refractivity contribution in [2.24, 2.45) is 0 Å². The number of anilines is 2. The Morgan fingerprint density at radius 1 is 1.06 bits per heavy atom. The lowest BCUT2D eigenvalue weighted by atomic mass is 9.92. The van der Waals surface area contributed by atoms with E-state index in [0.29, 0.717) is 5.82 Å². The highest BCUT2D eigenvalue weighted by molar-refractivity contribution is 5.97. The Hall–Kier alpha value is -2.83. The monoisotopic (exact) mass is 427 g/mol. The lowest BCUT2D eigenvalue weighted by molar-refractivity contribution is -0.117. The van der Waals surface area contributed by atoms with Crippen LogP contribution in [0.3, 0.4) is 0 Å². The summed E-state index contributed by atoms with van der Waals surface area (Å²) in [6.07, 6.45) is 0. The number of hydrogen-bond acceptors (Lipinski definition) is 3. The predicted molar refractivity (Wildman–Crippen MR) is 127 cm³/mol. The Kier molecular flexibility index (Phi) is 7.19. The Morgan fingerprint density at radius 3 is 2.19 bits per heavy atom. The van der Waals surface area contributed by atoms with Gasteiger partial charge in [-0.15, -0.1) is 0 Å². The van der Waals surface area contributed by atoms with Crippen molar-refractivity contribution in [1.29, 1.82) is 0 Å². The maximum absolute atomic E-state index is 12.9. The van der Waals surface area contributed by atoms with E-state index in [-0.39, 0.29) is 35.5 Å². The van der Waals surface area contributed by atoms with Gasteiger partial charge in [0.05, 0.1) is 11.2 Å². The van der Waals surface area contributed by atoms with Crippen LogP contribution in [0.1, 0.15) is 66.6 Å². The fourth-order valence-electron chi connectivity index (χ4n) is 3.07. The predicted octanol–water partition coefficient (Wildman–Crippen LogP) is 5.13. The van der Waals surface area contributed by atoms with Crippen molar-refractivity contribution < 1.29 is 9.59 Å². The van der Waals surface area contributed by atoms with Gasteiger partial charge in [-0.2, -0.15) is 5.10 Å². The molecule has 1 aromatic carbocycles. The van der Waals surface area contributed by atoms with Gasteiger partial charge in [-0.3, -0.25) is 4.79 Å². The zero-order valence-corrected chi connectivity index (χ0v) is 20.3. The van der Waals surface area contributed by atoms with E-state index in [1.165, 1.54) is 4.90 Å². The van der Waals surface area contributed by atoms with Gasteiger partial charge in [0.1, 0.15) is 12.4 Å². The number of nitrogens with one attached hydrogen (secondary N) is 2. The quantitative estimate of drug-likeness (QED) is 0.695. The minimum absolute atomic E-state index is 0.0600. The van der Waals surface area contributed by atoms with Crippen LogP contribution in [0.2, 0.25) is 0 Å². The number of benzene rings is 1. The molecule has 0 unspecified atom stereocenters. The third-order valence-electron chi connectivity index (χ3n) is 4.97. The van der Waals surface area contributed by atoms with E-state index in [1.807, 2.05) is 76.6 Å². The van der Waals surface area contributed by atoms with Crippen LogP contribution < -0.4 is 10.6 Å². The Bertz CT molecular complexity index is 932. The molecule has 0 atom stereocenters. The number of rotatable bonds is 5. The number of hydrogen-bond donors (Lipinski definition) is 2. The summed E-state index contributed by atoms with van der Waals surface area (Å²) in [5, 5.41) is 10.6. The molecule has 0 bridgehead atoms. The third-order valence-corrected chi connectivity index (χ3v) is 4.97. The maximum Gasteiger partial charge on any atom is 0.322 e. The minimum atomic E-state index is -0.306. The summed E-state index contributed by atoms with van der Waals surface area (Å²) in [5.41, 5.74) is 2.15. The Morgan fingerprint density at radius 2 is 1.68 bits per heavy atom. The number of para-hydroxylation sites is 1. The van der Waals surface area contributed by atoms with Gasteiger partial charge in [0.15, 0.2) is 0 Å². The summed E-state index contributed by atoms with van der Waals surface area (Å²) in [6, 6.07) is 9.03. The van der Waals surface area contributed by atoms with E-state index in [2.05, 4.69) is 31.4 Å². The molecule has 1 aromatic heterocycles. The summed E-state index contributed by atoms with van der Waals surface area (Å²) in [6.45, 7) is 18.0. The summed E-state index contributed by atoms with van der Waals surface area (Å²) >= 11 is 0. The number of urea groups is 1. The van der Waals surface area contributed by atoms with Gasteiger partial charge < -0.3 is 15.5 Å². The average Bonchev–Trinajstić information content (AvgIpc) is 3.05. The van der Waals surface area contributed by atoms with Crippen molar-refractivity contribution >= 4 is 23.4 Å². The van der Waals surface area contributed by atoms with Crippen molar-refractivity contribution in [2.45, 2.75) is 79.3 Å². The minimum Gasteiger partial charge on any atom is -0.313 e. The number of amides is 3. The standard InChI is InChI=1S/C24H37N5O2/c1-16(2)28(22(31)25-18-13-11-10-12-17(18)3)15-21(30)26-20-14-19(23(4,5)6)27-29(20)24(7,8)9/h10-14,16H,15H2,1-9H3,(H,25,31)(H,26,30). The first-order valence-electron chi connectivity index (χ1n) is 10.7. The van der Waals surface area contributed by atoms with Crippen LogP contribution in [-0.4, -0.2) is 39.2 Å². The molecule has 0 aliphatic carbocycles. The molecule has 0 aliphatic rings. The lowest BCUT2D eigenvalue weighted by Gasteiger charge is -2.27. The summed E-state index contributed by atoms with van der Waals surface area (Å²) in [7, 11) is 0. The molecular formula is C24H37N5O2. The van der Waals surface area contributed by atoms with Crippen LogP contribution in [0, 0.1) is 6.92 Å². The van der Waals surface area contributed by atoms with Gasteiger partial charge in [0.25, 0.3) is 0 Å². The highest BCUT2D eigenvalue weighted by Gasteiger charge is 2.27. The molecule has 170 valence electrons. The average molecular weight is 428 g/mol. The molecular weight excluding hydrogens is 390 g/mol. The van der Waals surface area contributed by atoms with E-state index in [0.717, 1.165) is 16.9 Å². The third kappa shape index (κ3) is 6.32. The van der Waals surface area contributed by atoms with Crippen molar-refractivity contribution in [3.8, 4) is 0 Å². The molecule has 3 amide bonds. The SMILES string of the molecule is Cc1ccccc1NC(=O)N(CC(=O)Nc1cc(C(C)(C)C)nn1C(C)(C)C)C(C)C. The topological polar surface area (TPSA) is 79.3 Å². The van der Waals surface area contributed by atoms with Crippen LogP contribution in [-0.2, 0) is 15.7 Å². The fourth-order valence-corrected chi connectivity index (χ4v) is 3.07. The van der Waals surface area contributed by atoms with E-state index < -0.39 is 0 Å². The molecule has 7 nitrogen and oxygen atoms in total. The molecule has 2 rings (SSSR count). The normalized spacial score (nSPS) is 12.1. The van der Waals surface area contributed by atoms with Gasteiger partial charge >= 0.3 is 6.03 Å². The van der Waals surface area contributed by atoms with Crippen molar-refractivity contribution in [1.82, 2.24) is 14.7 Å². The molecule has 1 heterocycles. The zero-order chi connectivity index (χ0) is 23.6. The summed E-state index contributed by atoms with van der Waals surface area (Å²) in [4.78, 5) is 27.3. The van der Waals surface area contributed by atoms with Crippen molar-refractivity contribution in [3.63, 3.8) is 0 Å². The number of nitrogens with zero attached hydrogens (tertiary/aromatic N) is 3. The summed E-state index contributed by atoms with van der Waals surface area (Å²) in [5.74, 6) is 0.366. The van der Waals surface area contributed by atoms with E-state index in [1.54, 1.807) is 0 Å². The largest absolute Gasteiger partial charge is 0.322 e. The maximum atomic E-state index is 12.9. The molecule has 0 saturated heterocycles. The zero-order valence-electron chi connectivity index (χ0n) is 20.3. The molecule has 2 N–H and O–H groups in total. The van der Waals surface area contributed by atoms with Crippen LogP contribution in [0.15, 0.2) is 30.3 Å². The fraction of sp³-hybridized carbons (Fsp3) is 0.542. The molecule has 0 spiro atoms. The molecule has 0 radical (unpaired) electrons. The number of aromatic nitrogens is 2. The smallest absolute Gasteiger partial charge is 0.313 e. The van der Waals surface area contributed by atoms with Gasteiger partial charge in [-0.1, -0.05) is 39.0 Å². The van der Waals surface area contributed by atoms with Crippen LogP contribution in [0.25, 0.3) is 0 Å². The van der Waals surface area contributed by atoms with E-state index >= 15 is 0 Å². The van der Waals surface area contributed by atoms with Crippen LogP contribution in [0.4, 0.5) is 16.3 Å². The van der Waals surface area contributed by atoms with E-state index in [4.69, 9.17) is 5.10 Å². The van der Waals surface area contributed by atoms with Crippen molar-refractivity contribution in [3.05, 3.63) is 41.6 Å². The van der Waals surface area contributed by atoms with Gasteiger partial charge in [0.2, 0.25) is 5.91 Å². The highest BCUT2D eigenvalue weighted by Crippen LogP contribution is 2.28. The second-order valence-electron chi connectivity index (χ2n) is 10.3. The second-order valence-corrected chi connectivity index (χ2v) is 10.3. The number of aryl methyl sites for hydroxylation is 1. The number of carbonyl (C=O) groups excluding carboxylic acids is 2. The Balaban J connectivity index is 2.20.